The number of aliphatic imine (C=N–C) groups is 1. The first-order valence-corrected chi connectivity index (χ1v) is 9.27. The van der Waals surface area contributed by atoms with Crippen LogP contribution in [0.3, 0.4) is 0 Å². The number of nitrogens with zero attached hydrogens (tertiary/aromatic N) is 2. The summed E-state index contributed by atoms with van der Waals surface area (Å²) in [5.74, 6) is 0.734. The molecule has 0 saturated carbocycles. The Kier molecular flexibility index (Phi) is 12.0. The summed E-state index contributed by atoms with van der Waals surface area (Å²) < 4.78 is 24.3. The molecule has 1 aromatic heterocycles. The van der Waals surface area contributed by atoms with E-state index in [-0.39, 0.29) is 24.0 Å². The van der Waals surface area contributed by atoms with Gasteiger partial charge in [0, 0.05) is 44.5 Å². The van der Waals surface area contributed by atoms with Crippen LogP contribution in [0.4, 0.5) is 0 Å². The number of pyridine rings is 1. The Balaban J connectivity index is 0.00000484. The molecule has 0 aromatic carbocycles. The highest BCUT2D eigenvalue weighted by Crippen LogP contribution is 1.93. The van der Waals surface area contributed by atoms with Crippen molar-refractivity contribution in [3.63, 3.8) is 0 Å². The van der Waals surface area contributed by atoms with Gasteiger partial charge in [-0.05, 0) is 25.5 Å². The highest BCUT2D eigenvalue weighted by molar-refractivity contribution is 14.0. The molecule has 1 heterocycles. The summed E-state index contributed by atoms with van der Waals surface area (Å²) in [6.45, 7) is 4.47. The smallest absolute Gasteiger partial charge is 0.208 e. The Bertz CT molecular complexity index is 552. The zero-order valence-electron chi connectivity index (χ0n) is 13.6. The lowest BCUT2D eigenvalue weighted by molar-refractivity contribution is 0.585. The van der Waals surface area contributed by atoms with Crippen molar-refractivity contribution < 1.29 is 8.42 Å². The van der Waals surface area contributed by atoms with Crippen molar-refractivity contribution in [1.29, 1.82) is 0 Å². The molecule has 0 radical (unpaired) electrons. The fourth-order valence-corrected chi connectivity index (χ4v) is 2.24. The predicted octanol–water partition coefficient (Wildman–Crippen LogP) is 0.737. The van der Waals surface area contributed by atoms with E-state index in [1.807, 2.05) is 25.1 Å². The second-order valence-electron chi connectivity index (χ2n) is 4.78. The van der Waals surface area contributed by atoms with Crippen LogP contribution in [0.5, 0.6) is 0 Å². The van der Waals surface area contributed by atoms with Crippen molar-refractivity contribution in [2.45, 2.75) is 19.8 Å². The van der Waals surface area contributed by atoms with Gasteiger partial charge in [-0.15, -0.1) is 24.0 Å². The van der Waals surface area contributed by atoms with Crippen LogP contribution in [0, 0.1) is 0 Å². The van der Waals surface area contributed by atoms with Crippen molar-refractivity contribution in [3.8, 4) is 0 Å². The lowest BCUT2D eigenvalue weighted by Gasteiger charge is -2.11. The van der Waals surface area contributed by atoms with Gasteiger partial charge in [0.25, 0.3) is 0 Å². The van der Waals surface area contributed by atoms with E-state index in [4.69, 9.17) is 0 Å². The minimum atomic E-state index is -3.12. The molecule has 0 fully saturated rings. The third-order valence-electron chi connectivity index (χ3n) is 2.71. The van der Waals surface area contributed by atoms with Gasteiger partial charge in [0.05, 0.1) is 6.26 Å². The van der Waals surface area contributed by atoms with Crippen molar-refractivity contribution >= 4 is 40.0 Å². The van der Waals surface area contributed by atoms with Crippen LogP contribution in [-0.2, 0) is 16.4 Å². The molecule has 0 unspecified atom stereocenters. The molecular weight excluding hydrogens is 429 g/mol. The zero-order valence-corrected chi connectivity index (χ0v) is 16.7. The van der Waals surface area contributed by atoms with Crippen LogP contribution in [0.2, 0.25) is 0 Å². The average molecular weight is 455 g/mol. The van der Waals surface area contributed by atoms with Crippen molar-refractivity contribution in [1.82, 2.24) is 20.3 Å². The summed E-state index contributed by atoms with van der Waals surface area (Å²) in [6.07, 6.45) is 4.41. The molecule has 0 aliphatic carbocycles. The summed E-state index contributed by atoms with van der Waals surface area (Å²) in [5, 5.41) is 6.39. The summed E-state index contributed by atoms with van der Waals surface area (Å²) in [5.41, 5.74) is 1.03. The number of sulfonamides is 1. The number of hydrogen-bond donors (Lipinski definition) is 3. The molecule has 0 aliphatic heterocycles. The Morgan fingerprint density at radius 2 is 2.04 bits per heavy atom. The number of nitrogens with one attached hydrogen (secondary N) is 3. The largest absolute Gasteiger partial charge is 0.357 e. The molecule has 23 heavy (non-hydrogen) atoms. The number of halogens is 1. The lowest BCUT2D eigenvalue weighted by atomic mass is 10.3. The van der Waals surface area contributed by atoms with E-state index in [1.165, 1.54) is 0 Å². The molecule has 0 aliphatic rings. The maximum atomic E-state index is 10.9. The Morgan fingerprint density at radius 1 is 1.26 bits per heavy atom. The van der Waals surface area contributed by atoms with E-state index in [2.05, 4.69) is 25.3 Å². The monoisotopic (exact) mass is 455 g/mol. The molecule has 0 spiro atoms. The molecule has 0 atom stereocenters. The van der Waals surface area contributed by atoms with E-state index < -0.39 is 10.0 Å². The Hall–Kier alpha value is -0.940. The lowest BCUT2D eigenvalue weighted by Crippen LogP contribution is -2.38. The van der Waals surface area contributed by atoms with Gasteiger partial charge in [-0.3, -0.25) is 9.98 Å². The molecule has 1 rings (SSSR count). The fraction of sp³-hybridized carbons (Fsp3) is 0.571. The molecular formula is C14H26IN5O2S. The SMILES string of the molecule is CCNC(=NCCCNS(C)(=O)=O)NCCc1ccccn1.I. The summed E-state index contributed by atoms with van der Waals surface area (Å²) in [6, 6.07) is 5.85. The number of guanidine groups is 1. The fourth-order valence-electron chi connectivity index (χ4n) is 1.72. The standard InChI is InChI=1S/C14H25N5O2S.HI/c1-3-15-14(17-10-6-11-19-22(2,20)21)18-12-8-13-7-4-5-9-16-13;/h4-5,7,9,19H,3,6,8,10-12H2,1-2H3,(H2,15,17,18);1H. The van der Waals surface area contributed by atoms with Crippen LogP contribution in [0.1, 0.15) is 19.0 Å². The van der Waals surface area contributed by atoms with Gasteiger partial charge in [0.15, 0.2) is 5.96 Å². The second kappa shape index (κ2) is 12.5. The van der Waals surface area contributed by atoms with Crippen LogP contribution in [0.15, 0.2) is 29.4 Å². The maximum absolute atomic E-state index is 10.9. The number of aromatic nitrogens is 1. The van der Waals surface area contributed by atoms with Crippen LogP contribution < -0.4 is 15.4 Å². The van der Waals surface area contributed by atoms with Gasteiger partial charge in [-0.2, -0.15) is 0 Å². The third-order valence-corrected chi connectivity index (χ3v) is 3.44. The van der Waals surface area contributed by atoms with Crippen molar-refractivity contribution in [2.75, 3.05) is 32.4 Å². The Labute approximate surface area is 155 Å². The molecule has 3 N–H and O–H groups in total. The highest BCUT2D eigenvalue weighted by Gasteiger charge is 2.00. The van der Waals surface area contributed by atoms with Gasteiger partial charge >= 0.3 is 0 Å². The number of hydrogen-bond acceptors (Lipinski definition) is 4. The minimum Gasteiger partial charge on any atom is -0.357 e. The van der Waals surface area contributed by atoms with Crippen LogP contribution >= 0.6 is 24.0 Å². The highest BCUT2D eigenvalue weighted by atomic mass is 127. The second-order valence-corrected chi connectivity index (χ2v) is 6.61. The van der Waals surface area contributed by atoms with Crippen LogP contribution in [-0.4, -0.2) is 51.8 Å². The zero-order chi connectivity index (χ0) is 16.3. The molecule has 132 valence electrons. The van der Waals surface area contributed by atoms with E-state index in [1.54, 1.807) is 6.20 Å². The predicted molar refractivity (Wildman–Crippen MR) is 105 cm³/mol. The molecule has 1 aromatic rings. The summed E-state index contributed by atoms with van der Waals surface area (Å²) in [7, 11) is -3.12. The minimum absolute atomic E-state index is 0. The van der Waals surface area contributed by atoms with Crippen molar-refractivity contribution in [3.05, 3.63) is 30.1 Å². The quantitative estimate of drug-likeness (QED) is 0.221. The summed E-state index contributed by atoms with van der Waals surface area (Å²) in [4.78, 5) is 8.67. The maximum Gasteiger partial charge on any atom is 0.208 e. The van der Waals surface area contributed by atoms with E-state index >= 15 is 0 Å². The van der Waals surface area contributed by atoms with Crippen LogP contribution in [0.25, 0.3) is 0 Å². The average Bonchev–Trinajstić information content (AvgIpc) is 2.47. The number of rotatable bonds is 9. The first-order valence-electron chi connectivity index (χ1n) is 7.38. The van der Waals surface area contributed by atoms with E-state index in [0.717, 1.165) is 37.4 Å². The molecule has 7 nitrogen and oxygen atoms in total. The van der Waals surface area contributed by atoms with Gasteiger partial charge in [-0.1, -0.05) is 6.07 Å². The molecule has 9 heteroatoms. The van der Waals surface area contributed by atoms with Gasteiger partial charge in [-0.25, -0.2) is 13.1 Å². The van der Waals surface area contributed by atoms with Gasteiger partial charge in [0.2, 0.25) is 10.0 Å². The van der Waals surface area contributed by atoms with E-state index in [9.17, 15) is 8.42 Å². The molecule has 0 bridgehead atoms. The first kappa shape index (κ1) is 22.1. The topological polar surface area (TPSA) is 95.5 Å². The molecule has 0 saturated heterocycles. The first-order chi connectivity index (χ1) is 10.5. The van der Waals surface area contributed by atoms with E-state index in [0.29, 0.717) is 19.5 Å². The van der Waals surface area contributed by atoms with Gasteiger partial charge < -0.3 is 10.6 Å². The van der Waals surface area contributed by atoms with Crippen molar-refractivity contribution in [2.24, 2.45) is 4.99 Å². The molecule has 0 amide bonds. The normalized spacial score (nSPS) is 11.7. The summed E-state index contributed by atoms with van der Waals surface area (Å²) >= 11 is 0. The third kappa shape index (κ3) is 12.2. The van der Waals surface area contributed by atoms with Gasteiger partial charge in [0.1, 0.15) is 0 Å². The Morgan fingerprint density at radius 3 is 2.65 bits per heavy atom.